The van der Waals surface area contributed by atoms with Crippen LogP contribution in [0.15, 0.2) is 34.9 Å². The van der Waals surface area contributed by atoms with Gasteiger partial charge in [0.1, 0.15) is 5.82 Å². The van der Waals surface area contributed by atoms with Gasteiger partial charge < -0.3 is 14.3 Å². The normalized spacial score (nSPS) is 20.7. The van der Waals surface area contributed by atoms with Gasteiger partial charge in [-0.05, 0) is 43.7 Å². The minimum Gasteiger partial charge on any atom is -0.355 e. The van der Waals surface area contributed by atoms with E-state index in [-0.39, 0.29) is 34.7 Å². The molecule has 29 heavy (non-hydrogen) atoms. The summed E-state index contributed by atoms with van der Waals surface area (Å²) in [7, 11) is 0. The van der Waals surface area contributed by atoms with E-state index in [9.17, 15) is 14.0 Å². The molecule has 2 aromatic rings. The summed E-state index contributed by atoms with van der Waals surface area (Å²) in [6.45, 7) is 4.91. The number of piperidine rings is 2. The Morgan fingerprint density at radius 2 is 1.86 bits per heavy atom. The molecule has 2 aliphatic heterocycles. The van der Waals surface area contributed by atoms with Gasteiger partial charge in [-0.25, -0.2) is 4.39 Å². The van der Waals surface area contributed by atoms with Crippen LogP contribution in [0.25, 0.3) is 11.3 Å². The summed E-state index contributed by atoms with van der Waals surface area (Å²) in [5, 5.41) is 3.84. The van der Waals surface area contributed by atoms with Crippen molar-refractivity contribution in [3.8, 4) is 11.3 Å². The molecule has 1 unspecified atom stereocenters. The van der Waals surface area contributed by atoms with Gasteiger partial charge in [0.2, 0.25) is 5.91 Å². The van der Waals surface area contributed by atoms with Gasteiger partial charge in [0.25, 0.3) is 5.91 Å². The molecule has 0 aliphatic carbocycles. The van der Waals surface area contributed by atoms with E-state index in [1.54, 1.807) is 23.1 Å². The quantitative estimate of drug-likeness (QED) is 0.791. The van der Waals surface area contributed by atoms with Crippen LogP contribution in [0.4, 0.5) is 4.39 Å². The van der Waals surface area contributed by atoms with Crippen LogP contribution in [0.3, 0.4) is 0 Å². The highest BCUT2D eigenvalue weighted by atomic mass is 19.1. The van der Waals surface area contributed by atoms with Crippen molar-refractivity contribution < 1.29 is 18.5 Å². The topological polar surface area (TPSA) is 66.7 Å². The number of benzene rings is 1. The van der Waals surface area contributed by atoms with Gasteiger partial charge in [0.05, 0.1) is 5.56 Å². The Bertz CT molecular complexity index is 889. The van der Waals surface area contributed by atoms with Gasteiger partial charge in [-0.3, -0.25) is 9.59 Å². The van der Waals surface area contributed by atoms with Crippen LogP contribution in [-0.4, -0.2) is 52.9 Å². The molecule has 154 valence electrons. The Hall–Kier alpha value is -2.70. The summed E-state index contributed by atoms with van der Waals surface area (Å²) in [6.07, 6.45) is 3.57. The summed E-state index contributed by atoms with van der Waals surface area (Å²) in [6, 6.07) is 7.70. The summed E-state index contributed by atoms with van der Waals surface area (Å²) in [5.41, 5.74) is 0.442. The van der Waals surface area contributed by atoms with Crippen molar-refractivity contribution in [2.75, 3.05) is 26.2 Å². The van der Waals surface area contributed by atoms with Gasteiger partial charge in [-0.2, -0.15) is 0 Å². The Morgan fingerprint density at radius 3 is 2.59 bits per heavy atom. The summed E-state index contributed by atoms with van der Waals surface area (Å²) in [5.74, 6) is 0.339. The van der Waals surface area contributed by atoms with Gasteiger partial charge in [-0.15, -0.1) is 0 Å². The Morgan fingerprint density at radius 1 is 1.10 bits per heavy atom. The molecular weight excluding hydrogens is 373 g/mol. The van der Waals surface area contributed by atoms with Crippen LogP contribution in [0.5, 0.6) is 0 Å². The van der Waals surface area contributed by atoms with E-state index in [4.69, 9.17) is 4.52 Å². The zero-order valence-electron chi connectivity index (χ0n) is 16.6. The zero-order chi connectivity index (χ0) is 20.4. The standard InChI is InChI=1S/C22H26FN3O3/c1-15-5-4-10-26(14-15)21(27)16-8-11-25(12-9-16)22(28)19-13-20(29-24-19)17-6-2-3-7-18(17)23/h2-3,6-7,13,15-16H,4-5,8-12,14H2,1H3. The van der Waals surface area contributed by atoms with Crippen LogP contribution in [0.1, 0.15) is 43.1 Å². The van der Waals surface area contributed by atoms with Crippen LogP contribution < -0.4 is 0 Å². The molecule has 0 N–H and O–H groups in total. The molecule has 7 heteroatoms. The summed E-state index contributed by atoms with van der Waals surface area (Å²) >= 11 is 0. The van der Waals surface area contributed by atoms with Crippen molar-refractivity contribution in [1.29, 1.82) is 0 Å². The van der Waals surface area contributed by atoms with Gasteiger partial charge in [0.15, 0.2) is 11.5 Å². The molecular formula is C22H26FN3O3. The predicted molar refractivity (Wildman–Crippen MR) is 106 cm³/mol. The molecule has 3 heterocycles. The number of rotatable bonds is 3. The van der Waals surface area contributed by atoms with Crippen LogP contribution >= 0.6 is 0 Å². The third kappa shape index (κ3) is 4.18. The lowest BCUT2D eigenvalue weighted by Gasteiger charge is -2.37. The molecule has 0 bridgehead atoms. The number of nitrogens with zero attached hydrogens (tertiary/aromatic N) is 3. The first-order valence-electron chi connectivity index (χ1n) is 10.3. The Kier molecular flexibility index (Phi) is 5.65. The van der Waals surface area contributed by atoms with E-state index in [0.29, 0.717) is 31.8 Å². The molecule has 0 radical (unpaired) electrons. The highest BCUT2D eigenvalue weighted by Crippen LogP contribution is 2.26. The molecule has 6 nitrogen and oxygen atoms in total. The second kappa shape index (κ2) is 8.35. The lowest BCUT2D eigenvalue weighted by atomic mass is 9.92. The van der Waals surface area contributed by atoms with Gasteiger partial charge in [0, 0.05) is 38.2 Å². The van der Waals surface area contributed by atoms with Crippen molar-refractivity contribution in [3.05, 3.63) is 41.8 Å². The van der Waals surface area contributed by atoms with E-state index in [0.717, 1.165) is 19.5 Å². The number of amides is 2. The maximum absolute atomic E-state index is 13.9. The number of hydrogen-bond acceptors (Lipinski definition) is 4. The maximum atomic E-state index is 13.9. The minimum absolute atomic E-state index is 0.0179. The first-order chi connectivity index (χ1) is 14.0. The van der Waals surface area contributed by atoms with E-state index < -0.39 is 5.82 Å². The van der Waals surface area contributed by atoms with E-state index in [1.807, 2.05) is 4.90 Å². The molecule has 2 amide bonds. The number of aromatic nitrogens is 1. The molecule has 1 aromatic heterocycles. The average molecular weight is 399 g/mol. The monoisotopic (exact) mass is 399 g/mol. The molecule has 0 spiro atoms. The van der Waals surface area contributed by atoms with Gasteiger partial charge in [-0.1, -0.05) is 24.2 Å². The number of carbonyl (C=O) groups is 2. The summed E-state index contributed by atoms with van der Waals surface area (Å²) in [4.78, 5) is 29.3. The first kappa shape index (κ1) is 19.6. The second-order valence-corrected chi connectivity index (χ2v) is 8.15. The molecule has 0 saturated carbocycles. The fraction of sp³-hybridized carbons (Fsp3) is 0.500. The van der Waals surface area contributed by atoms with Crippen LogP contribution in [0.2, 0.25) is 0 Å². The fourth-order valence-electron chi connectivity index (χ4n) is 4.30. The van der Waals surface area contributed by atoms with E-state index >= 15 is 0 Å². The third-order valence-corrected chi connectivity index (χ3v) is 5.97. The second-order valence-electron chi connectivity index (χ2n) is 8.15. The number of hydrogen-bond donors (Lipinski definition) is 0. The van der Waals surface area contributed by atoms with Crippen molar-refractivity contribution in [3.63, 3.8) is 0 Å². The predicted octanol–water partition coefficient (Wildman–Crippen LogP) is 3.59. The molecule has 1 aromatic carbocycles. The van der Waals surface area contributed by atoms with Crippen LogP contribution in [0, 0.1) is 17.7 Å². The average Bonchev–Trinajstić information content (AvgIpc) is 3.23. The number of halogens is 1. The highest BCUT2D eigenvalue weighted by Gasteiger charge is 2.32. The van der Waals surface area contributed by atoms with E-state index in [2.05, 4.69) is 12.1 Å². The first-order valence-corrected chi connectivity index (χ1v) is 10.3. The van der Waals surface area contributed by atoms with Crippen molar-refractivity contribution in [2.45, 2.75) is 32.6 Å². The fourth-order valence-corrected chi connectivity index (χ4v) is 4.30. The number of likely N-dealkylation sites (tertiary alicyclic amines) is 2. The smallest absolute Gasteiger partial charge is 0.276 e. The molecule has 1 atom stereocenters. The lowest BCUT2D eigenvalue weighted by Crippen LogP contribution is -2.47. The largest absolute Gasteiger partial charge is 0.355 e. The Balaban J connectivity index is 1.36. The van der Waals surface area contributed by atoms with Crippen LogP contribution in [-0.2, 0) is 4.79 Å². The van der Waals surface area contributed by atoms with Gasteiger partial charge >= 0.3 is 0 Å². The molecule has 4 rings (SSSR count). The van der Waals surface area contributed by atoms with Crippen molar-refractivity contribution in [1.82, 2.24) is 15.0 Å². The van der Waals surface area contributed by atoms with Crippen molar-refractivity contribution >= 4 is 11.8 Å². The highest BCUT2D eigenvalue weighted by molar-refractivity contribution is 5.93. The lowest BCUT2D eigenvalue weighted by molar-refractivity contribution is -0.138. The minimum atomic E-state index is -0.422. The van der Waals surface area contributed by atoms with E-state index in [1.165, 1.54) is 18.6 Å². The Labute approximate surface area is 169 Å². The molecule has 2 saturated heterocycles. The maximum Gasteiger partial charge on any atom is 0.276 e. The van der Waals surface area contributed by atoms with Crippen molar-refractivity contribution in [2.24, 2.45) is 11.8 Å². The third-order valence-electron chi connectivity index (χ3n) is 5.97. The molecule has 2 aliphatic rings. The SMILES string of the molecule is CC1CCCN(C(=O)C2CCN(C(=O)c3cc(-c4ccccc4F)on3)CC2)C1. The number of carbonyl (C=O) groups excluding carboxylic acids is 2. The zero-order valence-corrected chi connectivity index (χ0v) is 16.6. The molecule has 2 fully saturated rings. The summed E-state index contributed by atoms with van der Waals surface area (Å²) < 4.78 is 19.1.